The first-order valence-corrected chi connectivity index (χ1v) is 9.09. The van der Waals surface area contributed by atoms with Crippen LogP contribution in [0.25, 0.3) is 0 Å². The minimum absolute atomic E-state index is 0.139. The van der Waals surface area contributed by atoms with Crippen molar-refractivity contribution < 1.29 is 18.9 Å². The molecule has 1 saturated heterocycles. The number of H-pyrrole nitrogens is 1. The van der Waals surface area contributed by atoms with E-state index in [4.69, 9.17) is 24.6 Å². The second-order valence-corrected chi connectivity index (χ2v) is 6.80. The van der Waals surface area contributed by atoms with Gasteiger partial charge >= 0.3 is 5.69 Å². The van der Waals surface area contributed by atoms with E-state index < -0.39 is 43.2 Å². The van der Waals surface area contributed by atoms with E-state index in [-0.39, 0.29) is 19.4 Å². The second kappa shape index (κ2) is 8.82. The van der Waals surface area contributed by atoms with Crippen LogP contribution in [0.5, 0.6) is 0 Å². The SMILES string of the molecule is N#CCCOP(N)OC(Br)[C@H]1O[C@@H](n2ccc(=O)[nH]c2=O)C[C@@H]1O. The first kappa shape index (κ1) is 19.2. The monoisotopic (exact) mass is 422 g/mol. The number of hydrogen-bond donors (Lipinski definition) is 3. The van der Waals surface area contributed by atoms with Gasteiger partial charge in [0.25, 0.3) is 14.1 Å². The molecule has 2 rings (SSSR count). The topological polar surface area (TPSA) is 153 Å². The Labute approximate surface area is 146 Å². The predicted octanol–water partition coefficient (Wildman–Crippen LogP) is 0.0385. The molecule has 12 heteroatoms. The van der Waals surface area contributed by atoms with Gasteiger partial charge in [-0.1, -0.05) is 15.9 Å². The average molecular weight is 423 g/mol. The smallest absolute Gasteiger partial charge is 0.330 e. The minimum atomic E-state index is -1.75. The van der Waals surface area contributed by atoms with E-state index in [2.05, 4.69) is 20.9 Å². The Morgan fingerprint density at radius 1 is 1.67 bits per heavy atom. The highest BCUT2D eigenvalue weighted by atomic mass is 79.9. The number of nitriles is 1. The number of alkyl halides is 1. The number of hydrogen-bond acceptors (Lipinski definition) is 8. The number of halogens is 1. The molecule has 2 heterocycles. The largest absolute Gasteiger partial charge is 0.390 e. The standard InChI is InChI=1S/C12H16BrN4O6P/c13-11(23-24(15)21-5-1-3-14)10-7(18)6-9(22-10)17-4-2-8(19)16-12(17)20/h2,4,7,9-11,18H,1,5-6,15H2,(H,16,19,20)/t7-,9+,10-,11?,24?/m0/s1. The van der Waals surface area contributed by atoms with Crippen LogP contribution in [-0.4, -0.2) is 38.5 Å². The molecule has 4 N–H and O–H groups in total. The first-order valence-electron chi connectivity index (χ1n) is 6.93. The number of rotatable bonds is 7. The zero-order valence-electron chi connectivity index (χ0n) is 12.4. The maximum absolute atomic E-state index is 11.8. The second-order valence-electron chi connectivity index (χ2n) is 4.86. The van der Waals surface area contributed by atoms with E-state index in [0.29, 0.717) is 0 Å². The van der Waals surface area contributed by atoms with Gasteiger partial charge in [-0.05, 0) is 0 Å². The Bertz CT molecular complexity index is 706. The fourth-order valence-corrected chi connectivity index (χ4v) is 3.73. The number of nitrogens with zero attached hydrogens (tertiary/aromatic N) is 2. The van der Waals surface area contributed by atoms with Gasteiger partial charge in [0.15, 0.2) is 0 Å². The molecule has 1 aromatic rings. The van der Waals surface area contributed by atoms with Gasteiger partial charge in [0, 0.05) is 18.7 Å². The van der Waals surface area contributed by atoms with Crippen LogP contribution in [0, 0.1) is 11.3 Å². The number of nitrogens with one attached hydrogen (secondary N) is 1. The maximum Gasteiger partial charge on any atom is 0.330 e. The zero-order valence-corrected chi connectivity index (χ0v) is 14.9. The predicted molar refractivity (Wildman–Crippen MR) is 86.9 cm³/mol. The molecule has 0 aromatic carbocycles. The molecule has 24 heavy (non-hydrogen) atoms. The van der Waals surface area contributed by atoms with Crippen LogP contribution in [0.3, 0.4) is 0 Å². The van der Waals surface area contributed by atoms with Crippen molar-refractivity contribution in [3.05, 3.63) is 33.1 Å². The number of aromatic nitrogens is 2. The van der Waals surface area contributed by atoms with Crippen molar-refractivity contribution in [2.75, 3.05) is 6.61 Å². The van der Waals surface area contributed by atoms with Crippen LogP contribution in [0.4, 0.5) is 0 Å². The molecule has 0 radical (unpaired) electrons. The molecule has 10 nitrogen and oxygen atoms in total. The Balaban J connectivity index is 1.96. The third-order valence-corrected chi connectivity index (χ3v) is 5.06. The molecule has 0 saturated carbocycles. The van der Waals surface area contributed by atoms with Gasteiger partial charge in [-0.2, -0.15) is 5.26 Å². The molecule has 1 aliphatic heterocycles. The zero-order chi connectivity index (χ0) is 17.7. The van der Waals surface area contributed by atoms with E-state index in [1.165, 1.54) is 16.8 Å². The fraction of sp³-hybridized carbons (Fsp3) is 0.583. The summed E-state index contributed by atoms with van der Waals surface area (Å²) in [6, 6.07) is 3.10. The molecule has 132 valence electrons. The van der Waals surface area contributed by atoms with E-state index >= 15 is 0 Å². The summed E-state index contributed by atoms with van der Waals surface area (Å²) in [5.41, 5.74) is 4.52. The van der Waals surface area contributed by atoms with Crippen molar-refractivity contribution in [1.82, 2.24) is 9.55 Å². The Morgan fingerprint density at radius 2 is 2.42 bits per heavy atom. The summed E-state index contributed by atoms with van der Waals surface area (Å²) in [6.07, 6.45) is -0.832. The van der Waals surface area contributed by atoms with E-state index in [1.54, 1.807) is 0 Å². The lowest BCUT2D eigenvalue weighted by Gasteiger charge is -2.23. The molecule has 1 fully saturated rings. The van der Waals surface area contributed by atoms with Crippen LogP contribution in [0.2, 0.25) is 0 Å². The highest BCUT2D eigenvalue weighted by molar-refractivity contribution is 9.09. The van der Waals surface area contributed by atoms with Gasteiger partial charge in [0.1, 0.15) is 17.3 Å². The highest BCUT2D eigenvalue weighted by Crippen LogP contribution is 2.39. The molecule has 0 bridgehead atoms. The van der Waals surface area contributed by atoms with E-state index in [1.807, 2.05) is 6.07 Å². The molecule has 0 spiro atoms. The molecule has 0 aliphatic carbocycles. The summed E-state index contributed by atoms with van der Waals surface area (Å²) >= 11 is 3.22. The normalized spacial score (nSPS) is 26.0. The lowest BCUT2D eigenvalue weighted by molar-refractivity contribution is -0.0490. The molecule has 1 aliphatic rings. The highest BCUT2D eigenvalue weighted by Gasteiger charge is 2.40. The van der Waals surface area contributed by atoms with E-state index in [9.17, 15) is 14.7 Å². The number of aliphatic hydroxyl groups excluding tert-OH is 1. The first-order chi connectivity index (χ1) is 11.4. The van der Waals surface area contributed by atoms with Gasteiger partial charge < -0.3 is 18.9 Å². The summed E-state index contributed by atoms with van der Waals surface area (Å²) < 4.78 is 17.3. The Morgan fingerprint density at radius 3 is 3.08 bits per heavy atom. The molecule has 5 atom stereocenters. The van der Waals surface area contributed by atoms with Gasteiger partial charge in [0.05, 0.1) is 25.2 Å². The fourth-order valence-electron chi connectivity index (χ4n) is 2.11. The molecular formula is C12H16BrN4O6P. The van der Waals surface area contributed by atoms with Crippen LogP contribution in [0.1, 0.15) is 19.1 Å². The van der Waals surface area contributed by atoms with Crippen molar-refractivity contribution >= 4 is 24.5 Å². The minimum Gasteiger partial charge on any atom is -0.390 e. The summed E-state index contributed by atoms with van der Waals surface area (Å²) in [7, 11) is -1.75. The summed E-state index contributed by atoms with van der Waals surface area (Å²) in [5.74, 6) is 0. The summed E-state index contributed by atoms with van der Waals surface area (Å²) in [6.45, 7) is 0.141. The van der Waals surface area contributed by atoms with Crippen molar-refractivity contribution in [1.29, 1.82) is 5.26 Å². The maximum atomic E-state index is 11.8. The van der Waals surface area contributed by atoms with Crippen molar-refractivity contribution in [2.24, 2.45) is 5.50 Å². The van der Waals surface area contributed by atoms with Crippen molar-refractivity contribution in [2.45, 2.75) is 36.3 Å². The number of ether oxygens (including phenoxy) is 1. The lowest BCUT2D eigenvalue weighted by Crippen LogP contribution is -2.33. The number of aromatic amines is 1. The lowest BCUT2D eigenvalue weighted by atomic mass is 10.2. The molecule has 0 amide bonds. The van der Waals surface area contributed by atoms with Crippen LogP contribution in [0.15, 0.2) is 21.9 Å². The van der Waals surface area contributed by atoms with Crippen LogP contribution < -0.4 is 16.8 Å². The van der Waals surface area contributed by atoms with Crippen LogP contribution in [-0.2, 0) is 13.8 Å². The average Bonchev–Trinajstić information content (AvgIpc) is 2.89. The van der Waals surface area contributed by atoms with E-state index in [0.717, 1.165) is 0 Å². The van der Waals surface area contributed by atoms with Crippen molar-refractivity contribution in [3.8, 4) is 6.07 Å². The van der Waals surface area contributed by atoms with Gasteiger partial charge in [-0.15, -0.1) is 0 Å². The van der Waals surface area contributed by atoms with Crippen LogP contribution >= 0.6 is 24.5 Å². The van der Waals surface area contributed by atoms with Gasteiger partial charge in [-0.3, -0.25) is 19.8 Å². The summed E-state index contributed by atoms with van der Waals surface area (Å²) in [5, 5.41) is 17.8. The Kier molecular flexibility index (Phi) is 7.06. The third kappa shape index (κ3) is 4.94. The molecule has 2 unspecified atom stereocenters. The Hall–Kier alpha value is -1.12. The quantitative estimate of drug-likeness (QED) is 0.316. The summed E-state index contributed by atoms with van der Waals surface area (Å²) in [4.78, 5) is 25.0. The third-order valence-electron chi connectivity index (χ3n) is 3.19. The van der Waals surface area contributed by atoms with Gasteiger partial charge in [-0.25, -0.2) is 4.79 Å². The number of nitrogens with two attached hydrogens (primary N) is 1. The molecule has 1 aromatic heterocycles. The van der Waals surface area contributed by atoms with Crippen molar-refractivity contribution in [3.63, 3.8) is 0 Å². The van der Waals surface area contributed by atoms with Gasteiger partial charge in [0.2, 0.25) is 0 Å². The molecular weight excluding hydrogens is 407 g/mol. The number of aliphatic hydroxyl groups is 1.